The van der Waals surface area contributed by atoms with Crippen LogP contribution in [0.1, 0.15) is 204 Å². The Kier molecular flexibility index (Phi) is 37.1. The van der Waals surface area contributed by atoms with E-state index in [4.69, 9.17) is 23.2 Å². The minimum absolute atomic E-state index is 0.000443. The van der Waals surface area contributed by atoms with Gasteiger partial charge in [0.25, 0.3) is 17.7 Å². The monoisotopic (exact) mass is 1760 g/mol. The first kappa shape index (κ1) is 95.4. The summed E-state index contributed by atoms with van der Waals surface area (Å²) in [5.41, 5.74) is 8.28. The van der Waals surface area contributed by atoms with Gasteiger partial charge < -0.3 is 61.3 Å². The second-order valence-electron chi connectivity index (χ2n) is 34.8. The maximum Gasteiger partial charge on any atom is 0.270 e. The van der Waals surface area contributed by atoms with Crippen LogP contribution in [-0.4, -0.2) is 223 Å². The molecular weight excluding hydrogens is 1630 g/mol. The zero-order chi connectivity index (χ0) is 88.7. The molecule has 20 nitrogen and oxygen atoms in total. The highest BCUT2D eigenvalue weighted by Gasteiger charge is 2.37. The molecule has 5 aliphatic heterocycles. The molecule has 6 N–H and O–H groups in total. The fourth-order valence-electron chi connectivity index (χ4n) is 18.3. The van der Waals surface area contributed by atoms with E-state index < -0.39 is 6.04 Å². The minimum atomic E-state index is -0.450. The normalized spacial score (nSPS) is 19.8. The van der Waals surface area contributed by atoms with Gasteiger partial charge in [-0.2, -0.15) is 0 Å². The van der Waals surface area contributed by atoms with Crippen LogP contribution >= 0.6 is 34.5 Å². The number of thiazole rings is 1. The summed E-state index contributed by atoms with van der Waals surface area (Å²) in [5.74, 6) is 0.840. The molecule has 0 bridgehead atoms. The standard InChI is InChI=1S/C36H45ClN4O2.C34H43ClN4O3.C33H43N5O2S/c1-2-27(28-11-5-3-6-12-28)26-41-24-19-31(39-34(36(41)43)20-23-40-21-9-4-10-22-40)25-38-35(42)33-14-8-7-13-32(33)29-15-17-30(37)18-16-29;1-5-25(26-9-7-6-8-10-26)22-38-17-15-31(37-32(34(38)42)16-18-39(23(2)3)24(4)40)21-36-33(41)29-12-11-28-20-30(35)14-13-27(28)19-29;1-2-25(26-12-6-3-7-13-26)23-38-21-16-28(35-29(33(38)40)17-20-37-18-10-5-11-19-37)22-34-31(39)30-24-41-32(36-30)27-14-8-4-9-15-27/h3,5-8,11-18,27,31,34,39H,2,4,9-10,19-26H2,1H3,(H,38,42);6-14,19-20,23,25,31-32,37H,5,15-18,21-22H2,1-4H3,(H,36,41);3-4,6-9,12-15,24-25,28-29,35H,2,5,10-11,16-23H2,1H3,(H,34,39)/t27-,31+,34+;25-,31+,32+;25-,28+,29+/m111/s1. The molecular formula is C103H131Cl2N13O7S. The van der Waals surface area contributed by atoms with Crippen LogP contribution in [0, 0.1) is 0 Å². The van der Waals surface area contributed by atoms with Crippen molar-refractivity contribution >= 4 is 86.7 Å². The van der Waals surface area contributed by atoms with Crippen molar-refractivity contribution in [3.8, 4) is 21.7 Å². The lowest BCUT2D eigenvalue weighted by Gasteiger charge is -2.31. The number of carbonyl (C=O) groups excluding carboxylic acids is 7. The number of nitrogens with zero attached hydrogens (tertiary/aromatic N) is 7. The maximum absolute atomic E-state index is 14.0. The highest BCUT2D eigenvalue weighted by molar-refractivity contribution is 7.13. The fourth-order valence-corrected chi connectivity index (χ4v) is 19.4. The number of amides is 7. The van der Waals surface area contributed by atoms with Crippen LogP contribution in [0.4, 0.5) is 0 Å². The highest BCUT2D eigenvalue weighted by atomic mass is 35.5. The van der Waals surface area contributed by atoms with Crippen molar-refractivity contribution in [3.05, 3.63) is 255 Å². The van der Waals surface area contributed by atoms with Crippen LogP contribution in [0.15, 0.2) is 212 Å². The van der Waals surface area contributed by atoms with Crippen LogP contribution < -0.4 is 31.9 Å². The number of carbonyl (C=O) groups is 7. The van der Waals surface area contributed by atoms with E-state index in [1.807, 2.05) is 164 Å². The first-order chi connectivity index (χ1) is 61.3. The number of likely N-dealkylation sites (tertiary alicyclic amines) is 2. The Morgan fingerprint density at radius 1 is 0.460 bits per heavy atom. The summed E-state index contributed by atoms with van der Waals surface area (Å²) in [6.45, 7) is 24.3. The van der Waals surface area contributed by atoms with Gasteiger partial charge in [-0.25, -0.2) is 4.98 Å². The van der Waals surface area contributed by atoms with Gasteiger partial charge in [-0.05, 0) is 205 Å². The SMILES string of the molecule is CC[C@H](CN1CC[C@@H](CNC(=O)c2ccc3cc(Cl)ccc3c2)N[C@@H](CCN(C(C)=O)C(C)C)C1=O)c1ccccc1.CC[C@H](CN1CC[C@@H](CNC(=O)c2ccccc2-c2ccc(Cl)cc2)N[C@@H](CCN2CCCCC2)C1=O)c1ccccc1.CC[C@H](CN1CC[C@@H](CNC(=O)c2csc(-c3ccccc3)n2)N[C@@H](CCN2CCCCC2)C1=O)c1ccccc1. The lowest BCUT2D eigenvalue weighted by molar-refractivity contribution is -0.135. The summed E-state index contributed by atoms with van der Waals surface area (Å²) in [5, 5.41) is 26.1. The molecule has 0 radical (unpaired) electrons. The molecule has 9 atom stereocenters. The second kappa shape index (κ2) is 49.0. The van der Waals surface area contributed by atoms with Crippen molar-refractivity contribution in [1.29, 1.82) is 0 Å². The summed E-state index contributed by atoms with van der Waals surface area (Å²) in [7, 11) is 0. The van der Waals surface area contributed by atoms with E-state index in [1.54, 1.807) is 17.9 Å². The molecule has 0 spiro atoms. The van der Waals surface area contributed by atoms with Crippen molar-refractivity contribution in [2.24, 2.45) is 0 Å². The average Bonchev–Trinajstić information content (AvgIpc) is 0.995. The van der Waals surface area contributed by atoms with Crippen LogP contribution in [0.2, 0.25) is 10.0 Å². The molecule has 7 amide bonds. The molecule has 9 aromatic rings. The molecule has 5 fully saturated rings. The van der Waals surface area contributed by atoms with E-state index in [0.717, 1.165) is 130 Å². The van der Waals surface area contributed by atoms with Gasteiger partial charge in [-0.1, -0.05) is 221 Å². The summed E-state index contributed by atoms with van der Waals surface area (Å²) in [6, 6.07) is 66.8. The van der Waals surface area contributed by atoms with Crippen molar-refractivity contribution in [3.63, 3.8) is 0 Å². The van der Waals surface area contributed by atoms with Gasteiger partial charge in [0.15, 0.2) is 0 Å². The number of piperidine rings is 2. The molecule has 0 saturated carbocycles. The molecule has 5 aliphatic rings. The van der Waals surface area contributed by atoms with E-state index in [-0.39, 0.29) is 83.5 Å². The number of fused-ring (bicyclic) bond motifs is 1. The summed E-state index contributed by atoms with van der Waals surface area (Å²) >= 11 is 13.7. The molecule has 670 valence electrons. The van der Waals surface area contributed by atoms with Gasteiger partial charge in [-0.15, -0.1) is 11.3 Å². The predicted molar refractivity (Wildman–Crippen MR) is 511 cm³/mol. The minimum Gasteiger partial charge on any atom is -0.350 e. The number of benzene rings is 8. The zero-order valence-electron chi connectivity index (χ0n) is 74.6. The summed E-state index contributed by atoms with van der Waals surface area (Å²) in [4.78, 5) is 111. The van der Waals surface area contributed by atoms with E-state index in [2.05, 4.69) is 138 Å². The first-order valence-corrected chi connectivity index (χ1v) is 47.8. The van der Waals surface area contributed by atoms with Crippen LogP contribution in [-0.2, 0) is 19.2 Å². The van der Waals surface area contributed by atoms with Crippen molar-refractivity contribution in [2.45, 2.75) is 198 Å². The molecule has 5 saturated heterocycles. The maximum atomic E-state index is 14.0. The summed E-state index contributed by atoms with van der Waals surface area (Å²) in [6.07, 6.45) is 14.8. The molecule has 126 heavy (non-hydrogen) atoms. The van der Waals surface area contributed by atoms with Gasteiger partial charge >= 0.3 is 0 Å². The average molecular weight is 1770 g/mol. The number of aromatic nitrogens is 1. The number of halogens is 2. The molecule has 14 rings (SSSR count). The van der Waals surface area contributed by atoms with Crippen LogP contribution in [0.3, 0.4) is 0 Å². The smallest absolute Gasteiger partial charge is 0.270 e. The second-order valence-corrected chi connectivity index (χ2v) is 36.5. The predicted octanol–water partition coefficient (Wildman–Crippen LogP) is 17.2. The highest BCUT2D eigenvalue weighted by Crippen LogP contribution is 2.31. The Morgan fingerprint density at radius 3 is 1.33 bits per heavy atom. The number of nitrogens with one attached hydrogen (secondary N) is 6. The van der Waals surface area contributed by atoms with E-state index in [0.29, 0.717) is 104 Å². The number of hydrogen-bond donors (Lipinski definition) is 6. The zero-order valence-corrected chi connectivity index (χ0v) is 76.9. The third-order valence-corrected chi connectivity index (χ3v) is 27.1. The van der Waals surface area contributed by atoms with Crippen LogP contribution in [0.25, 0.3) is 32.5 Å². The van der Waals surface area contributed by atoms with E-state index in [9.17, 15) is 33.6 Å². The Balaban J connectivity index is 0.000000172. The van der Waals surface area contributed by atoms with Gasteiger partial charge in [-0.3, -0.25) is 33.6 Å². The van der Waals surface area contributed by atoms with E-state index >= 15 is 0 Å². The topological polar surface area (TPSA) is 224 Å². The number of hydrogen-bond acceptors (Lipinski definition) is 14. The van der Waals surface area contributed by atoms with Gasteiger partial charge in [0, 0.05) is 159 Å². The largest absolute Gasteiger partial charge is 0.350 e. The van der Waals surface area contributed by atoms with Gasteiger partial charge in [0.2, 0.25) is 23.6 Å². The molecule has 1 aromatic heterocycles. The Labute approximate surface area is 761 Å². The molecule has 8 aromatic carbocycles. The van der Waals surface area contributed by atoms with E-state index in [1.165, 1.54) is 66.6 Å². The Hall–Kier alpha value is -9.68. The summed E-state index contributed by atoms with van der Waals surface area (Å²) < 4.78 is 0. The lowest BCUT2D eigenvalue weighted by Crippen LogP contribution is -2.51. The Bertz CT molecular complexity index is 4920. The van der Waals surface area contributed by atoms with Crippen molar-refractivity contribution in [1.82, 2.24) is 66.3 Å². The third kappa shape index (κ3) is 27.9. The molecule has 6 heterocycles. The van der Waals surface area contributed by atoms with Gasteiger partial charge in [0.1, 0.15) is 10.7 Å². The lowest BCUT2D eigenvalue weighted by atomic mass is 9.95. The Morgan fingerprint density at radius 2 is 0.873 bits per heavy atom. The van der Waals surface area contributed by atoms with Crippen LogP contribution in [0.5, 0.6) is 0 Å². The fraction of sp³-hybridized carbons (Fsp3) is 0.456. The quantitative estimate of drug-likeness (QED) is 0.0225. The van der Waals surface area contributed by atoms with Crippen molar-refractivity contribution in [2.75, 3.05) is 105 Å². The third-order valence-electron chi connectivity index (χ3n) is 25.7. The van der Waals surface area contributed by atoms with Gasteiger partial charge in [0.05, 0.1) is 18.1 Å². The number of rotatable bonds is 33. The first-order valence-electron chi connectivity index (χ1n) is 46.2. The molecule has 0 unspecified atom stereocenters. The molecule has 23 heteroatoms. The van der Waals surface area contributed by atoms with Crippen molar-refractivity contribution < 1.29 is 33.6 Å². The molecule has 0 aliphatic carbocycles.